The molecule has 2 aromatic rings. The molecule has 1 N–H and O–H groups in total. The lowest BCUT2D eigenvalue weighted by Gasteiger charge is -2.08. The van der Waals surface area contributed by atoms with Crippen LogP contribution in [0, 0.1) is 0 Å². The first kappa shape index (κ1) is 17.8. The van der Waals surface area contributed by atoms with Crippen LogP contribution in [0.25, 0.3) is 0 Å². The lowest BCUT2D eigenvalue weighted by molar-refractivity contribution is 0.0954. The van der Waals surface area contributed by atoms with Crippen molar-refractivity contribution in [1.29, 1.82) is 0 Å². The zero-order valence-electron chi connectivity index (χ0n) is 13.5. The summed E-state index contributed by atoms with van der Waals surface area (Å²) in [6, 6.07) is 10.4. The minimum absolute atomic E-state index is 0.355. The number of nitrogens with zero attached hydrogens (tertiary/aromatic N) is 1. The van der Waals surface area contributed by atoms with E-state index in [-0.39, 0.29) is 5.91 Å². The molecular formula is C17H17BrN2O4. The van der Waals surface area contributed by atoms with E-state index in [4.69, 9.17) is 14.2 Å². The normalized spacial score (nSPS) is 10.5. The summed E-state index contributed by atoms with van der Waals surface area (Å²) in [5.74, 6) is 1.37. The van der Waals surface area contributed by atoms with Gasteiger partial charge in [-0.05, 0) is 36.4 Å². The number of carbonyl (C=O) groups is 1. The fourth-order valence-electron chi connectivity index (χ4n) is 1.95. The number of nitrogens with one attached hydrogen (secondary N) is 1. The highest BCUT2D eigenvalue weighted by atomic mass is 79.9. The van der Waals surface area contributed by atoms with Crippen molar-refractivity contribution in [2.75, 3.05) is 21.3 Å². The molecule has 6 nitrogen and oxygen atoms in total. The minimum atomic E-state index is -0.355. The van der Waals surface area contributed by atoms with Gasteiger partial charge in [0.2, 0.25) is 0 Å². The van der Waals surface area contributed by atoms with Crippen LogP contribution < -0.4 is 19.6 Å². The maximum Gasteiger partial charge on any atom is 0.271 e. The summed E-state index contributed by atoms with van der Waals surface area (Å²) in [5, 5.41) is 3.97. The average Bonchev–Trinajstić information content (AvgIpc) is 2.62. The molecule has 0 aromatic heterocycles. The van der Waals surface area contributed by atoms with Crippen molar-refractivity contribution in [2.45, 2.75) is 0 Å². The number of rotatable bonds is 6. The highest BCUT2D eigenvalue weighted by molar-refractivity contribution is 9.10. The molecular weight excluding hydrogens is 376 g/mol. The average molecular weight is 393 g/mol. The van der Waals surface area contributed by atoms with Crippen molar-refractivity contribution in [1.82, 2.24) is 5.43 Å². The van der Waals surface area contributed by atoms with Gasteiger partial charge in [0.1, 0.15) is 5.75 Å². The third kappa shape index (κ3) is 4.26. The third-order valence-corrected chi connectivity index (χ3v) is 3.94. The standard InChI is InChI=1S/C17H17BrN2O4/c1-22-13-5-6-14(18)12(8-13)10-19-20-17(21)11-4-7-15(23-2)16(9-11)24-3/h4-10H,1-3H3,(H,20,21)/b19-10-. The predicted octanol–water partition coefficient (Wildman–Crippen LogP) is 3.24. The summed E-state index contributed by atoms with van der Waals surface area (Å²) < 4.78 is 16.3. The van der Waals surface area contributed by atoms with E-state index in [2.05, 4.69) is 26.5 Å². The van der Waals surface area contributed by atoms with Crippen molar-refractivity contribution in [3.8, 4) is 17.2 Å². The Hall–Kier alpha value is -2.54. The largest absolute Gasteiger partial charge is 0.497 e. The number of carbonyl (C=O) groups excluding carboxylic acids is 1. The number of ether oxygens (including phenoxy) is 3. The van der Waals surface area contributed by atoms with Gasteiger partial charge in [-0.1, -0.05) is 15.9 Å². The van der Waals surface area contributed by atoms with Crippen molar-refractivity contribution < 1.29 is 19.0 Å². The number of methoxy groups -OCH3 is 3. The first-order valence-corrected chi connectivity index (χ1v) is 7.77. The van der Waals surface area contributed by atoms with E-state index in [0.29, 0.717) is 22.8 Å². The first-order chi connectivity index (χ1) is 11.6. The summed E-state index contributed by atoms with van der Waals surface area (Å²) in [4.78, 5) is 12.2. The molecule has 2 aromatic carbocycles. The lowest BCUT2D eigenvalue weighted by Crippen LogP contribution is -2.17. The van der Waals surface area contributed by atoms with Gasteiger partial charge >= 0.3 is 0 Å². The molecule has 0 fully saturated rings. The highest BCUT2D eigenvalue weighted by Crippen LogP contribution is 2.27. The molecule has 0 unspecified atom stereocenters. The van der Waals surface area contributed by atoms with E-state index in [9.17, 15) is 4.79 Å². The summed E-state index contributed by atoms with van der Waals surface area (Å²) >= 11 is 3.42. The van der Waals surface area contributed by atoms with Crippen LogP contribution in [-0.2, 0) is 0 Å². The molecule has 0 saturated heterocycles. The zero-order chi connectivity index (χ0) is 17.5. The number of halogens is 1. The SMILES string of the molecule is COc1ccc(Br)c(/C=N\NC(=O)c2ccc(OC)c(OC)c2)c1. The van der Waals surface area contributed by atoms with E-state index in [1.807, 2.05) is 12.1 Å². The molecule has 0 saturated carbocycles. The van der Waals surface area contributed by atoms with Gasteiger partial charge < -0.3 is 14.2 Å². The maximum absolute atomic E-state index is 12.2. The summed E-state index contributed by atoms with van der Waals surface area (Å²) in [6.45, 7) is 0. The number of hydrazone groups is 1. The molecule has 0 atom stereocenters. The Morgan fingerprint density at radius 3 is 2.46 bits per heavy atom. The quantitative estimate of drug-likeness (QED) is 0.605. The second-order valence-electron chi connectivity index (χ2n) is 4.66. The van der Waals surface area contributed by atoms with Crippen LogP contribution in [0.3, 0.4) is 0 Å². The van der Waals surface area contributed by atoms with Gasteiger partial charge in [0.15, 0.2) is 11.5 Å². The van der Waals surface area contributed by atoms with Crippen LogP contribution in [0.2, 0.25) is 0 Å². The third-order valence-electron chi connectivity index (χ3n) is 3.22. The van der Waals surface area contributed by atoms with E-state index in [1.54, 1.807) is 31.4 Å². The monoisotopic (exact) mass is 392 g/mol. The first-order valence-electron chi connectivity index (χ1n) is 6.98. The molecule has 0 spiro atoms. The second-order valence-corrected chi connectivity index (χ2v) is 5.51. The van der Waals surface area contributed by atoms with Crippen molar-refractivity contribution in [3.05, 3.63) is 52.0 Å². The van der Waals surface area contributed by atoms with Gasteiger partial charge in [0, 0.05) is 15.6 Å². The van der Waals surface area contributed by atoms with E-state index in [0.717, 1.165) is 10.0 Å². The molecule has 1 amide bonds. The van der Waals surface area contributed by atoms with Gasteiger partial charge in [0.25, 0.3) is 5.91 Å². The Labute approximate surface area is 148 Å². The predicted molar refractivity (Wildman–Crippen MR) is 95.3 cm³/mol. The number of hydrogen-bond donors (Lipinski definition) is 1. The Bertz CT molecular complexity index is 762. The molecule has 0 aliphatic carbocycles. The lowest BCUT2D eigenvalue weighted by atomic mass is 10.2. The zero-order valence-corrected chi connectivity index (χ0v) is 15.1. The van der Waals surface area contributed by atoms with Gasteiger partial charge in [-0.25, -0.2) is 5.43 Å². The Kier molecular flexibility index (Phi) is 6.20. The topological polar surface area (TPSA) is 69.2 Å². The summed E-state index contributed by atoms with van der Waals surface area (Å²) in [5.41, 5.74) is 3.66. The summed E-state index contributed by atoms with van der Waals surface area (Å²) in [7, 11) is 4.63. The van der Waals surface area contributed by atoms with Gasteiger partial charge in [-0.2, -0.15) is 5.10 Å². The molecule has 24 heavy (non-hydrogen) atoms. The number of benzene rings is 2. The maximum atomic E-state index is 12.2. The molecule has 0 aliphatic rings. The van der Waals surface area contributed by atoms with Gasteiger partial charge in [-0.15, -0.1) is 0 Å². The van der Waals surface area contributed by atoms with Crippen LogP contribution in [0.5, 0.6) is 17.2 Å². The molecule has 0 radical (unpaired) electrons. The van der Waals surface area contributed by atoms with Crippen LogP contribution >= 0.6 is 15.9 Å². The van der Waals surface area contributed by atoms with Crippen LogP contribution in [-0.4, -0.2) is 33.5 Å². The van der Waals surface area contributed by atoms with E-state index in [1.165, 1.54) is 20.4 Å². The van der Waals surface area contributed by atoms with E-state index >= 15 is 0 Å². The highest BCUT2D eigenvalue weighted by Gasteiger charge is 2.10. The molecule has 7 heteroatoms. The second kappa shape index (κ2) is 8.35. The molecule has 2 rings (SSSR count). The Morgan fingerprint density at radius 2 is 1.79 bits per heavy atom. The van der Waals surface area contributed by atoms with Crippen molar-refractivity contribution in [2.24, 2.45) is 5.10 Å². The Balaban J connectivity index is 2.10. The van der Waals surface area contributed by atoms with Crippen LogP contribution in [0.4, 0.5) is 0 Å². The Morgan fingerprint density at radius 1 is 1.04 bits per heavy atom. The van der Waals surface area contributed by atoms with Crippen LogP contribution in [0.1, 0.15) is 15.9 Å². The van der Waals surface area contributed by atoms with Crippen molar-refractivity contribution >= 4 is 28.1 Å². The molecule has 0 bridgehead atoms. The van der Waals surface area contributed by atoms with E-state index < -0.39 is 0 Å². The smallest absolute Gasteiger partial charge is 0.271 e. The fourth-order valence-corrected chi connectivity index (χ4v) is 2.30. The fraction of sp³-hybridized carbons (Fsp3) is 0.176. The molecule has 0 heterocycles. The number of hydrogen-bond acceptors (Lipinski definition) is 5. The van der Waals surface area contributed by atoms with Gasteiger partial charge in [0.05, 0.1) is 27.5 Å². The minimum Gasteiger partial charge on any atom is -0.497 e. The number of amides is 1. The molecule has 126 valence electrons. The van der Waals surface area contributed by atoms with Crippen LogP contribution in [0.15, 0.2) is 46.0 Å². The van der Waals surface area contributed by atoms with Crippen molar-refractivity contribution in [3.63, 3.8) is 0 Å². The summed E-state index contributed by atoms with van der Waals surface area (Å²) in [6.07, 6.45) is 1.53. The molecule has 0 aliphatic heterocycles. The van der Waals surface area contributed by atoms with Gasteiger partial charge in [-0.3, -0.25) is 4.79 Å².